The van der Waals surface area contributed by atoms with Gasteiger partial charge in [0, 0.05) is 23.9 Å². The fraction of sp³-hybridized carbons (Fsp3) is 0.360. The van der Waals surface area contributed by atoms with E-state index in [9.17, 15) is 19.2 Å². The number of urea groups is 1. The molecule has 1 fully saturated rings. The third-order valence-corrected chi connectivity index (χ3v) is 6.47. The molecule has 2 aliphatic heterocycles. The third kappa shape index (κ3) is 3.67. The molecule has 5 rings (SSSR count). The predicted octanol–water partition coefficient (Wildman–Crippen LogP) is 2.14. The summed E-state index contributed by atoms with van der Waals surface area (Å²) in [4.78, 5) is 51.6. The molecule has 2 unspecified atom stereocenters. The topological polar surface area (TPSA) is 117 Å². The molecule has 1 spiro atoms. The smallest absolute Gasteiger partial charge is 0.322 e. The number of nitrogens with one attached hydrogen (secondary N) is 3. The molecule has 0 bridgehead atoms. The van der Waals surface area contributed by atoms with E-state index in [-0.39, 0.29) is 24.3 Å². The highest BCUT2D eigenvalue weighted by atomic mass is 16.5. The molecule has 176 valence electrons. The molecule has 0 saturated carbocycles. The van der Waals surface area contributed by atoms with Crippen molar-refractivity contribution in [3.8, 4) is 5.75 Å². The molecule has 2 heterocycles. The second kappa shape index (κ2) is 7.58. The summed E-state index contributed by atoms with van der Waals surface area (Å²) in [5.41, 5.74) is 1.54. The summed E-state index contributed by atoms with van der Waals surface area (Å²) in [7, 11) is 0. The lowest BCUT2D eigenvalue weighted by Crippen LogP contribution is -2.53. The molecular formula is C25H26N4O5. The van der Waals surface area contributed by atoms with Gasteiger partial charge in [0.2, 0.25) is 5.91 Å². The summed E-state index contributed by atoms with van der Waals surface area (Å²) >= 11 is 0. The maximum atomic E-state index is 13.2. The first-order valence-corrected chi connectivity index (χ1v) is 11.2. The Hall–Kier alpha value is -3.88. The fourth-order valence-electron chi connectivity index (χ4n) is 4.80. The van der Waals surface area contributed by atoms with E-state index in [1.807, 2.05) is 39.0 Å². The standard InChI is InChI=1S/C25H26N4O5/c1-24(2,3)20-21(31)29(17-6-4-5-7-18(17)34-20)13-19(30)26-16-9-8-14-11-25(12-15(14)10-16)22(32)27-23(33)28-25/h4-10,20H,11-13H2,1-3H3,(H,26,30)(H2,27,28,32,33). The zero-order valence-corrected chi connectivity index (χ0v) is 19.2. The number of carbonyl (C=O) groups excluding carboxylic acids is 4. The van der Waals surface area contributed by atoms with Gasteiger partial charge in [-0.05, 0) is 35.4 Å². The lowest BCUT2D eigenvalue weighted by atomic mass is 9.87. The van der Waals surface area contributed by atoms with Gasteiger partial charge in [-0.15, -0.1) is 0 Å². The van der Waals surface area contributed by atoms with Gasteiger partial charge in [-0.1, -0.05) is 39.0 Å². The van der Waals surface area contributed by atoms with Crippen LogP contribution in [0.3, 0.4) is 0 Å². The largest absolute Gasteiger partial charge is 0.478 e. The van der Waals surface area contributed by atoms with Gasteiger partial charge in [0.05, 0.1) is 5.69 Å². The maximum absolute atomic E-state index is 13.2. The van der Waals surface area contributed by atoms with Crippen molar-refractivity contribution in [2.45, 2.75) is 45.3 Å². The van der Waals surface area contributed by atoms with E-state index < -0.39 is 23.1 Å². The van der Waals surface area contributed by atoms with Crippen LogP contribution < -0.4 is 25.6 Å². The summed E-state index contributed by atoms with van der Waals surface area (Å²) in [6.07, 6.45) is 0.0484. The summed E-state index contributed by atoms with van der Waals surface area (Å²) in [6, 6.07) is 12.1. The molecule has 2 atom stereocenters. The summed E-state index contributed by atoms with van der Waals surface area (Å²) in [5, 5.41) is 7.89. The van der Waals surface area contributed by atoms with E-state index in [1.54, 1.807) is 24.3 Å². The monoisotopic (exact) mass is 462 g/mol. The Morgan fingerprint density at radius 3 is 2.56 bits per heavy atom. The van der Waals surface area contributed by atoms with Gasteiger partial charge in [-0.3, -0.25) is 24.6 Å². The quantitative estimate of drug-likeness (QED) is 0.605. The van der Waals surface area contributed by atoms with Crippen molar-refractivity contribution in [1.29, 1.82) is 0 Å². The number of para-hydroxylation sites is 2. The first-order valence-electron chi connectivity index (χ1n) is 11.2. The predicted molar refractivity (Wildman–Crippen MR) is 125 cm³/mol. The number of anilines is 2. The molecule has 34 heavy (non-hydrogen) atoms. The van der Waals surface area contributed by atoms with Crippen molar-refractivity contribution in [2.75, 3.05) is 16.8 Å². The molecule has 9 nitrogen and oxygen atoms in total. The minimum atomic E-state index is -0.964. The highest BCUT2D eigenvalue weighted by Crippen LogP contribution is 2.38. The lowest BCUT2D eigenvalue weighted by Gasteiger charge is -2.39. The SMILES string of the molecule is CC(C)(C)C1Oc2ccccc2N(CC(=O)Nc2ccc3c(c2)CC2(C3)NC(=O)NC2=O)C1=O. The average Bonchev–Trinajstić information content (AvgIpc) is 3.26. The van der Waals surface area contributed by atoms with Crippen molar-refractivity contribution >= 4 is 35.1 Å². The fourth-order valence-corrected chi connectivity index (χ4v) is 4.80. The van der Waals surface area contributed by atoms with Crippen LogP contribution >= 0.6 is 0 Å². The van der Waals surface area contributed by atoms with Crippen LogP contribution in [0.15, 0.2) is 42.5 Å². The molecule has 0 aromatic heterocycles. The molecular weight excluding hydrogens is 436 g/mol. The number of benzene rings is 2. The summed E-state index contributed by atoms with van der Waals surface area (Å²) in [6.45, 7) is 5.61. The van der Waals surface area contributed by atoms with Gasteiger partial charge in [-0.2, -0.15) is 0 Å². The number of nitrogens with zero attached hydrogens (tertiary/aromatic N) is 1. The van der Waals surface area contributed by atoms with Crippen molar-refractivity contribution < 1.29 is 23.9 Å². The molecule has 3 N–H and O–H groups in total. The van der Waals surface area contributed by atoms with Crippen LogP contribution in [0.5, 0.6) is 5.75 Å². The van der Waals surface area contributed by atoms with Gasteiger partial charge >= 0.3 is 6.03 Å². The van der Waals surface area contributed by atoms with E-state index >= 15 is 0 Å². The Balaban J connectivity index is 1.33. The number of rotatable bonds is 3. The van der Waals surface area contributed by atoms with Crippen molar-refractivity contribution in [3.63, 3.8) is 0 Å². The number of carbonyl (C=O) groups is 4. The van der Waals surface area contributed by atoms with Crippen LogP contribution in [-0.4, -0.2) is 41.9 Å². The second-order valence-electron chi connectivity index (χ2n) is 10.1. The molecule has 5 amide bonds. The minimum absolute atomic E-state index is 0.161. The zero-order valence-electron chi connectivity index (χ0n) is 19.2. The Kier molecular flexibility index (Phi) is 4.89. The molecule has 0 radical (unpaired) electrons. The number of imide groups is 1. The summed E-state index contributed by atoms with van der Waals surface area (Å²) in [5.74, 6) is -0.385. The molecule has 2 aromatic carbocycles. The second-order valence-corrected chi connectivity index (χ2v) is 10.1. The van der Waals surface area contributed by atoms with E-state index in [0.29, 0.717) is 30.0 Å². The molecule has 2 aromatic rings. The Morgan fingerprint density at radius 2 is 1.85 bits per heavy atom. The Bertz CT molecular complexity index is 1230. The highest BCUT2D eigenvalue weighted by molar-refractivity contribution is 6.08. The molecule has 1 aliphatic carbocycles. The number of hydrogen-bond donors (Lipinski definition) is 3. The van der Waals surface area contributed by atoms with Crippen LogP contribution in [0.25, 0.3) is 0 Å². The molecule has 9 heteroatoms. The normalized spacial score (nSPS) is 23.2. The Morgan fingerprint density at radius 1 is 1.12 bits per heavy atom. The molecule has 1 saturated heterocycles. The van der Waals surface area contributed by atoms with Gasteiger partial charge < -0.3 is 15.4 Å². The average molecular weight is 463 g/mol. The lowest BCUT2D eigenvalue weighted by molar-refractivity contribution is -0.132. The van der Waals surface area contributed by atoms with E-state index in [4.69, 9.17) is 4.74 Å². The van der Waals surface area contributed by atoms with Crippen molar-refractivity contribution in [1.82, 2.24) is 10.6 Å². The number of fused-ring (bicyclic) bond motifs is 2. The van der Waals surface area contributed by atoms with Crippen LogP contribution in [0.4, 0.5) is 16.2 Å². The molecule has 3 aliphatic rings. The zero-order chi connectivity index (χ0) is 24.3. The third-order valence-electron chi connectivity index (χ3n) is 6.47. The van der Waals surface area contributed by atoms with Crippen LogP contribution in [0.2, 0.25) is 0 Å². The first-order chi connectivity index (χ1) is 16.1. The maximum Gasteiger partial charge on any atom is 0.322 e. The highest BCUT2D eigenvalue weighted by Gasteiger charge is 2.50. The summed E-state index contributed by atoms with van der Waals surface area (Å²) < 4.78 is 5.97. The van der Waals surface area contributed by atoms with E-state index in [0.717, 1.165) is 11.1 Å². The Labute approximate surface area is 196 Å². The first kappa shape index (κ1) is 21.9. The van der Waals surface area contributed by atoms with Gasteiger partial charge in [0.1, 0.15) is 17.8 Å². The number of hydrogen-bond acceptors (Lipinski definition) is 5. The van der Waals surface area contributed by atoms with Gasteiger partial charge in [0.15, 0.2) is 6.10 Å². The van der Waals surface area contributed by atoms with Crippen molar-refractivity contribution in [3.05, 3.63) is 53.6 Å². The number of amides is 5. The van der Waals surface area contributed by atoms with Crippen LogP contribution in [-0.2, 0) is 27.2 Å². The van der Waals surface area contributed by atoms with Gasteiger partial charge in [0.25, 0.3) is 11.8 Å². The van der Waals surface area contributed by atoms with E-state index in [1.165, 1.54) is 4.90 Å². The van der Waals surface area contributed by atoms with Crippen LogP contribution in [0, 0.1) is 5.41 Å². The minimum Gasteiger partial charge on any atom is -0.478 e. The number of ether oxygens (including phenoxy) is 1. The van der Waals surface area contributed by atoms with Crippen LogP contribution in [0.1, 0.15) is 31.9 Å². The van der Waals surface area contributed by atoms with Crippen molar-refractivity contribution in [2.24, 2.45) is 5.41 Å². The van der Waals surface area contributed by atoms with E-state index in [2.05, 4.69) is 16.0 Å². The van der Waals surface area contributed by atoms with Gasteiger partial charge in [-0.25, -0.2) is 4.79 Å².